The van der Waals surface area contributed by atoms with Gasteiger partial charge in [0.2, 0.25) is 0 Å². The number of piperidine rings is 1. The molecule has 0 bridgehead atoms. The Hall–Kier alpha value is -0.170. The first-order chi connectivity index (χ1) is 7.03. The summed E-state index contributed by atoms with van der Waals surface area (Å²) in [7, 11) is -3.29. The maximum Gasteiger partial charge on any atom is 0.276 e. The van der Waals surface area contributed by atoms with Crippen molar-refractivity contribution in [2.75, 3.05) is 13.1 Å². The lowest BCUT2D eigenvalue weighted by Crippen LogP contribution is -2.49. The maximum absolute atomic E-state index is 11.3. The summed E-state index contributed by atoms with van der Waals surface area (Å²) in [6.45, 7) is 4.79. The van der Waals surface area contributed by atoms with Gasteiger partial charge in [-0.25, -0.2) is 9.44 Å². The molecule has 2 unspecified atom stereocenters. The molecule has 3 N–H and O–H groups in total. The van der Waals surface area contributed by atoms with Gasteiger partial charge in [-0.15, -0.1) is 0 Å². The average Bonchev–Trinajstić information content (AvgIpc) is 2.15. The van der Waals surface area contributed by atoms with Crippen molar-refractivity contribution in [3.8, 4) is 0 Å². The second-order valence-electron chi connectivity index (χ2n) is 4.05. The van der Waals surface area contributed by atoms with E-state index in [2.05, 4.69) is 21.7 Å². The normalized spacial score (nSPS) is 27.9. The lowest BCUT2D eigenvalue weighted by atomic mass is 10.00. The van der Waals surface area contributed by atoms with E-state index in [4.69, 9.17) is 0 Å². The van der Waals surface area contributed by atoms with E-state index in [-0.39, 0.29) is 6.04 Å². The lowest BCUT2D eigenvalue weighted by molar-refractivity contribution is 0.334. The Morgan fingerprint density at radius 3 is 2.67 bits per heavy atom. The van der Waals surface area contributed by atoms with Crippen LogP contribution >= 0.6 is 0 Å². The molecule has 2 atom stereocenters. The van der Waals surface area contributed by atoms with Crippen LogP contribution in [0, 0.1) is 0 Å². The zero-order valence-electron chi connectivity index (χ0n) is 9.41. The Bertz CT molecular complexity index is 279. The molecule has 0 radical (unpaired) electrons. The van der Waals surface area contributed by atoms with Gasteiger partial charge < -0.3 is 5.32 Å². The molecule has 0 aliphatic carbocycles. The van der Waals surface area contributed by atoms with Crippen LogP contribution in [-0.4, -0.2) is 33.6 Å². The third-order valence-corrected chi connectivity index (χ3v) is 3.78. The van der Waals surface area contributed by atoms with Crippen LogP contribution in [0.15, 0.2) is 0 Å². The van der Waals surface area contributed by atoms with Crippen molar-refractivity contribution in [1.82, 2.24) is 14.8 Å². The first-order valence-corrected chi connectivity index (χ1v) is 7.02. The van der Waals surface area contributed by atoms with Crippen molar-refractivity contribution < 1.29 is 8.42 Å². The minimum Gasteiger partial charge on any atom is -0.310 e. The fourth-order valence-electron chi connectivity index (χ4n) is 1.85. The van der Waals surface area contributed by atoms with Gasteiger partial charge in [0, 0.05) is 25.2 Å². The topological polar surface area (TPSA) is 70.2 Å². The highest BCUT2D eigenvalue weighted by Gasteiger charge is 2.19. The predicted octanol–water partition coefficient (Wildman–Crippen LogP) is -0.0391. The maximum atomic E-state index is 11.3. The lowest BCUT2D eigenvalue weighted by Gasteiger charge is -2.28. The van der Waals surface area contributed by atoms with Crippen molar-refractivity contribution >= 4 is 10.2 Å². The van der Waals surface area contributed by atoms with E-state index in [1.807, 2.05) is 0 Å². The van der Waals surface area contributed by atoms with Crippen molar-refractivity contribution in [1.29, 1.82) is 0 Å². The average molecular weight is 235 g/mol. The summed E-state index contributed by atoms with van der Waals surface area (Å²) < 4.78 is 27.6. The molecular weight excluding hydrogens is 214 g/mol. The van der Waals surface area contributed by atoms with E-state index in [9.17, 15) is 8.42 Å². The molecule has 0 spiro atoms. The molecule has 1 aliphatic heterocycles. The molecule has 0 aromatic heterocycles. The van der Waals surface area contributed by atoms with Gasteiger partial charge in [-0.2, -0.15) is 8.42 Å². The molecule has 1 aliphatic rings. The largest absolute Gasteiger partial charge is 0.310 e. The van der Waals surface area contributed by atoms with Crippen molar-refractivity contribution in [3.05, 3.63) is 0 Å². The summed E-state index contributed by atoms with van der Waals surface area (Å²) in [4.78, 5) is 0. The predicted molar refractivity (Wildman–Crippen MR) is 60.8 cm³/mol. The summed E-state index contributed by atoms with van der Waals surface area (Å²) in [5, 5.41) is 3.38. The number of nitrogens with one attached hydrogen (secondary N) is 3. The zero-order chi connectivity index (χ0) is 11.3. The van der Waals surface area contributed by atoms with Crippen molar-refractivity contribution in [2.24, 2.45) is 0 Å². The summed E-state index contributed by atoms with van der Waals surface area (Å²) in [5.41, 5.74) is 0. The summed E-state index contributed by atoms with van der Waals surface area (Å²) in [6.07, 6.45) is 3.39. The van der Waals surface area contributed by atoms with Crippen LogP contribution in [0.3, 0.4) is 0 Å². The second kappa shape index (κ2) is 5.79. The summed E-state index contributed by atoms with van der Waals surface area (Å²) in [5.74, 6) is 0. The Balaban J connectivity index is 2.30. The minimum atomic E-state index is -3.29. The van der Waals surface area contributed by atoms with Gasteiger partial charge in [0.15, 0.2) is 0 Å². The van der Waals surface area contributed by atoms with Crippen LogP contribution in [0.5, 0.6) is 0 Å². The first kappa shape index (κ1) is 12.9. The monoisotopic (exact) mass is 235 g/mol. The van der Waals surface area contributed by atoms with Crippen LogP contribution < -0.4 is 14.8 Å². The van der Waals surface area contributed by atoms with Crippen LogP contribution in [0.25, 0.3) is 0 Å². The second-order valence-corrected chi connectivity index (χ2v) is 5.63. The fraction of sp³-hybridized carbons (Fsp3) is 1.00. The van der Waals surface area contributed by atoms with Gasteiger partial charge in [-0.3, -0.25) is 0 Å². The standard InChI is InChI=1S/C9H21N3O2S/c1-3-10-15(13,14)11-7-9-6-4-5-8(2)12-9/h8-12H,3-7H2,1-2H3. The van der Waals surface area contributed by atoms with E-state index in [1.54, 1.807) is 6.92 Å². The molecule has 0 aromatic carbocycles. The van der Waals surface area contributed by atoms with Gasteiger partial charge >= 0.3 is 0 Å². The molecular formula is C9H21N3O2S. The van der Waals surface area contributed by atoms with Crippen molar-refractivity contribution in [2.45, 2.75) is 45.2 Å². The molecule has 0 aromatic rings. The molecule has 1 fully saturated rings. The number of hydrogen-bond acceptors (Lipinski definition) is 3. The van der Waals surface area contributed by atoms with E-state index < -0.39 is 10.2 Å². The molecule has 6 heteroatoms. The highest BCUT2D eigenvalue weighted by molar-refractivity contribution is 7.87. The molecule has 1 rings (SSSR count). The van der Waals surface area contributed by atoms with Crippen LogP contribution in [0.4, 0.5) is 0 Å². The fourth-order valence-corrected chi connectivity index (χ4v) is 2.75. The van der Waals surface area contributed by atoms with Gasteiger partial charge in [-0.05, 0) is 19.8 Å². The SMILES string of the molecule is CCNS(=O)(=O)NCC1CCCC(C)N1. The zero-order valence-corrected chi connectivity index (χ0v) is 10.2. The minimum absolute atomic E-state index is 0.266. The molecule has 1 saturated heterocycles. The van der Waals surface area contributed by atoms with E-state index in [0.717, 1.165) is 6.42 Å². The van der Waals surface area contributed by atoms with Gasteiger partial charge in [0.1, 0.15) is 0 Å². The molecule has 5 nitrogen and oxygen atoms in total. The van der Waals surface area contributed by atoms with Gasteiger partial charge in [0.05, 0.1) is 0 Å². The Kier molecular flexibility index (Phi) is 4.98. The number of hydrogen-bond donors (Lipinski definition) is 3. The van der Waals surface area contributed by atoms with E-state index >= 15 is 0 Å². The Morgan fingerprint density at radius 2 is 2.07 bits per heavy atom. The Labute approximate surface area is 92.2 Å². The molecule has 1 heterocycles. The van der Waals surface area contributed by atoms with Gasteiger partial charge in [0.25, 0.3) is 10.2 Å². The molecule has 90 valence electrons. The van der Waals surface area contributed by atoms with Crippen LogP contribution in [-0.2, 0) is 10.2 Å². The Morgan fingerprint density at radius 1 is 1.33 bits per heavy atom. The third kappa shape index (κ3) is 4.92. The number of rotatable bonds is 5. The highest BCUT2D eigenvalue weighted by atomic mass is 32.2. The van der Waals surface area contributed by atoms with Crippen LogP contribution in [0.1, 0.15) is 33.1 Å². The van der Waals surface area contributed by atoms with Crippen molar-refractivity contribution in [3.63, 3.8) is 0 Å². The van der Waals surface area contributed by atoms with E-state index in [1.165, 1.54) is 12.8 Å². The van der Waals surface area contributed by atoms with Crippen LogP contribution in [0.2, 0.25) is 0 Å². The highest BCUT2D eigenvalue weighted by Crippen LogP contribution is 2.11. The molecule has 0 amide bonds. The summed E-state index contributed by atoms with van der Waals surface area (Å²) >= 11 is 0. The van der Waals surface area contributed by atoms with E-state index in [0.29, 0.717) is 19.1 Å². The quantitative estimate of drug-likeness (QED) is 0.626. The molecule has 15 heavy (non-hydrogen) atoms. The third-order valence-electron chi connectivity index (χ3n) is 2.56. The summed E-state index contributed by atoms with van der Waals surface area (Å²) in [6, 6.07) is 0.759. The smallest absolute Gasteiger partial charge is 0.276 e. The first-order valence-electron chi connectivity index (χ1n) is 5.54. The molecule has 0 saturated carbocycles. The van der Waals surface area contributed by atoms with Gasteiger partial charge in [-0.1, -0.05) is 13.3 Å².